The second kappa shape index (κ2) is 5.13. The smallest absolute Gasteiger partial charge is 0.271 e. The number of hydrogen-bond acceptors (Lipinski definition) is 5. The maximum Gasteiger partial charge on any atom is 0.271 e. The minimum Gasteiger partial charge on any atom is -0.493 e. The third kappa shape index (κ3) is 2.22. The van der Waals surface area contributed by atoms with E-state index in [4.69, 9.17) is 19.3 Å². The summed E-state index contributed by atoms with van der Waals surface area (Å²) in [6, 6.07) is 3.48. The number of rotatable bonds is 3. The minimum atomic E-state index is -0.785. The fourth-order valence-corrected chi connectivity index (χ4v) is 2.17. The number of fused-ring (bicyclic) bond motifs is 1. The molecule has 20 heavy (non-hydrogen) atoms. The molecule has 1 amide bonds. The molecule has 2 rings (SSSR count). The van der Waals surface area contributed by atoms with Crippen LogP contribution in [-0.4, -0.2) is 43.2 Å². The van der Waals surface area contributed by atoms with Gasteiger partial charge in [-0.05, 0) is 26.0 Å². The van der Waals surface area contributed by atoms with Crippen LogP contribution in [0.5, 0.6) is 17.2 Å². The maximum absolute atomic E-state index is 11.4. The average molecular weight is 279 g/mol. The lowest BCUT2D eigenvalue weighted by molar-refractivity contribution is -0.120. The van der Waals surface area contributed by atoms with Crippen LogP contribution < -0.4 is 14.2 Å². The summed E-state index contributed by atoms with van der Waals surface area (Å²) in [6.07, 6.45) is 0. The van der Waals surface area contributed by atoms with Gasteiger partial charge in [0.2, 0.25) is 5.75 Å². The number of aliphatic hydroxyl groups is 1. The highest BCUT2D eigenvalue weighted by Gasteiger charge is 2.40. The number of hydrogen-bond donors (Lipinski definition) is 1. The Kier molecular flexibility index (Phi) is 3.67. The van der Waals surface area contributed by atoms with Gasteiger partial charge in [0.1, 0.15) is 12.2 Å². The highest BCUT2D eigenvalue weighted by Crippen LogP contribution is 2.47. The predicted octanol–water partition coefficient (Wildman–Crippen LogP) is 1.18. The SMILES string of the molecule is COc1ccc2c(c1OC)OC(C)(C)C2=NC(=O)CO. The van der Waals surface area contributed by atoms with E-state index in [1.54, 1.807) is 26.0 Å². The zero-order chi connectivity index (χ0) is 14.9. The van der Waals surface area contributed by atoms with E-state index in [1.807, 2.05) is 0 Å². The fraction of sp³-hybridized carbons (Fsp3) is 0.429. The van der Waals surface area contributed by atoms with Crippen molar-refractivity contribution in [1.82, 2.24) is 0 Å². The van der Waals surface area contributed by atoms with Gasteiger partial charge in [0.05, 0.1) is 19.9 Å². The first-order chi connectivity index (χ1) is 9.44. The fourth-order valence-electron chi connectivity index (χ4n) is 2.17. The Balaban J connectivity index is 2.62. The molecule has 0 spiro atoms. The number of benzene rings is 1. The van der Waals surface area contributed by atoms with Gasteiger partial charge in [-0.2, -0.15) is 0 Å². The molecular formula is C14H17NO5. The van der Waals surface area contributed by atoms with Crippen LogP contribution in [0.3, 0.4) is 0 Å². The van der Waals surface area contributed by atoms with Gasteiger partial charge in [-0.3, -0.25) is 4.79 Å². The number of nitrogens with zero attached hydrogens (tertiary/aromatic N) is 1. The van der Waals surface area contributed by atoms with Crippen molar-refractivity contribution >= 4 is 11.6 Å². The largest absolute Gasteiger partial charge is 0.493 e. The average Bonchev–Trinajstić information content (AvgIpc) is 2.68. The van der Waals surface area contributed by atoms with Crippen LogP contribution in [0.2, 0.25) is 0 Å². The zero-order valence-electron chi connectivity index (χ0n) is 11.9. The molecule has 0 saturated carbocycles. The molecule has 0 bridgehead atoms. The topological polar surface area (TPSA) is 77.3 Å². The lowest BCUT2D eigenvalue weighted by Crippen LogP contribution is -2.33. The predicted molar refractivity (Wildman–Crippen MR) is 72.9 cm³/mol. The molecule has 0 radical (unpaired) electrons. The maximum atomic E-state index is 11.4. The summed E-state index contributed by atoms with van der Waals surface area (Å²) in [4.78, 5) is 15.3. The van der Waals surface area contributed by atoms with Crippen molar-refractivity contribution in [3.63, 3.8) is 0 Å². The van der Waals surface area contributed by atoms with Crippen molar-refractivity contribution in [1.29, 1.82) is 0 Å². The van der Waals surface area contributed by atoms with Gasteiger partial charge < -0.3 is 19.3 Å². The van der Waals surface area contributed by atoms with Gasteiger partial charge >= 0.3 is 0 Å². The second-order valence-electron chi connectivity index (χ2n) is 4.80. The van der Waals surface area contributed by atoms with Crippen molar-refractivity contribution in [3.05, 3.63) is 17.7 Å². The van der Waals surface area contributed by atoms with Crippen LogP contribution in [0, 0.1) is 0 Å². The molecule has 108 valence electrons. The third-order valence-corrected chi connectivity index (χ3v) is 3.05. The molecule has 0 atom stereocenters. The Morgan fingerprint density at radius 3 is 2.60 bits per heavy atom. The second-order valence-corrected chi connectivity index (χ2v) is 4.80. The van der Waals surface area contributed by atoms with Gasteiger partial charge in [0.25, 0.3) is 5.91 Å². The third-order valence-electron chi connectivity index (χ3n) is 3.05. The number of carbonyl (C=O) groups excluding carboxylic acids is 1. The number of carbonyl (C=O) groups is 1. The molecule has 1 heterocycles. The summed E-state index contributed by atoms with van der Waals surface area (Å²) in [5.41, 5.74) is 0.342. The van der Waals surface area contributed by atoms with E-state index < -0.39 is 18.1 Å². The molecule has 1 aromatic carbocycles. The zero-order valence-corrected chi connectivity index (χ0v) is 11.9. The Morgan fingerprint density at radius 2 is 2.05 bits per heavy atom. The monoisotopic (exact) mass is 279 g/mol. The van der Waals surface area contributed by atoms with Gasteiger partial charge in [-0.15, -0.1) is 0 Å². The Hall–Kier alpha value is -2.08. The molecule has 0 aliphatic carbocycles. The standard InChI is InChI=1S/C14H17NO5/c1-14(2)13(15-10(17)7-16)8-5-6-9(18-3)12(19-4)11(8)20-14/h5-6,16H,7H2,1-4H3. The van der Waals surface area contributed by atoms with Crippen molar-refractivity contribution < 1.29 is 24.1 Å². The van der Waals surface area contributed by atoms with Gasteiger partial charge in [0, 0.05) is 5.56 Å². The molecule has 0 saturated heterocycles. The molecule has 0 unspecified atom stereocenters. The van der Waals surface area contributed by atoms with Gasteiger partial charge in [-0.1, -0.05) is 0 Å². The molecule has 0 aromatic heterocycles. The molecular weight excluding hydrogens is 262 g/mol. The summed E-state index contributed by atoms with van der Waals surface area (Å²) >= 11 is 0. The van der Waals surface area contributed by atoms with Crippen LogP contribution in [0.1, 0.15) is 19.4 Å². The van der Waals surface area contributed by atoms with Crippen LogP contribution in [-0.2, 0) is 4.79 Å². The Morgan fingerprint density at radius 1 is 1.35 bits per heavy atom. The van der Waals surface area contributed by atoms with Crippen LogP contribution in [0.15, 0.2) is 17.1 Å². The van der Waals surface area contributed by atoms with Gasteiger partial charge in [0.15, 0.2) is 11.5 Å². The van der Waals surface area contributed by atoms with E-state index in [-0.39, 0.29) is 0 Å². The van der Waals surface area contributed by atoms with Crippen molar-refractivity contribution in [2.45, 2.75) is 19.4 Å². The Bertz CT molecular complexity index is 577. The lowest BCUT2D eigenvalue weighted by atomic mass is 9.98. The highest BCUT2D eigenvalue weighted by molar-refractivity contribution is 6.15. The summed E-state index contributed by atoms with van der Waals surface area (Å²) in [6.45, 7) is 2.95. The molecule has 1 aliphatic rings. The van der Waals surface area contributed by atoms with E-state index in [9.17, 15) is 4.79 Å². The highest BCUT2D eigenvalue weighted by atomic mass is 16.5. The summed E-state index contributed by atoms with van der Waals surface area (Å²) in [5.74, 6) is 0.872. The summed E-state index contributed by atoms with van der Waals surface area (Å²) in [7, 11) is 3.05. The first kappa shape index (κ1) is 14.3. The van der Waals surface area contributed by atoms with Crippen molar-refractivity contribution in [2.75, 3.05) is 20.8 Å². The first-order valence-electron chi connectivity index (χ1n) is 6.11. The molecule has 0 fully saturated rings. The lowest BCUT2D eigenvalue weighted by Gasteiger charge is -2.19. The molecule has 6 heteroatoms. The molecule has 1 N–H and O–H groups in total. The molecule has 6 nitrogen and oxygen atoms in total. The van der Waals surface area contributed by atoms with Gasteiger partial charge in [-0.25, -0.2) is 4.99 Å². The number of ether oxygens (including phenoxy) is 3. The van der Waals surface area contributed by atoms with E-state index in [2.05, 4.69) is 4.99 Å². The number of methoxy groups -OCH3 is 2. The summed E-state index contributed by atoms with van der Waals surface area (Å²) < 4.78 is 16.4. The van der Waals surface area contributed by atoms with E-state index in [0.717, 1.165) is 0 Å². The van der Waals surface area contributed by atoms with Crippen LogP contribution in [0.25, 0.3) is 0 Å². The van der Waals surface area contributed by atoms with E-state index in [0.29, 0.717) is 28.5 Å². The Labute approximate surface area is 117 Å². The van der Waals surface area contributed by atoms with Crippen LogP contribution in [0.4, 0.5) is 0 Å². The molecule has 1 aromatic rings. The number of aliphatic imine (C=N–C) groups is 1. The van der Waals surface area contributed by atoms with Crippen LogP contribution >= 0.6 is 0 Å². The summed E-state index contributed by atoms with van der Waals surface area (Å²) in [5, 5.41) is 8.85. The normalized spacial score (nSPS) is 17.6. The molecule has 1 aliphatic heterocycles. The van der Waals surface area contributed by atoms with Crippen molar-refractivity contribution in [2.24, 2.45) is 4.99 Å². The van der Waals surface area contributed by atoms with E-state index >= 15 is 0 Å². The minimum absolute atomic E-state index is 0.458. The first-order valence-corrected chi connectivity index (χ1v) is 6.11. The van der Waals surface area contributed by atoms with Crippen molar-refractivity contribution in [3.8, 4) is 17.2 Å². The van der Waals surface area contributed by atoms with E-state index in [1.165, 1.54) is 14.2 Å². The number of aliphatic hydroxyl groups excluding tert-OH is 1. The number of amides is 1. The quantitative estimate of drug-likeness (QED) is 0.899.